The van der Waals surface area contributed by atoms with Crippen LogP contribution < -0.4 is 15.1 Å². The van der Waals surface area contributed by atoms with Gasteiger partial charge in [0.25, 0.3) is 0 Å². The zero-order chi connectivity index (χ0) is 25.3. The molecule has 1 fully saturated rings. The number of nitrogens with one attached hydrogen (secondary N) is 1. The third kappa shape index (κ3) is 6.46. The molecular formula is C27H25N8O2+. The van der Waals surface area contributed by atoms with Gasteiger partial charge in [-0.15, -0.1) is 0 Å². The fourth-order valence-corrected chi connectivity index (χ4v) is 3.80. The normalized spacial score (nSPS) is 12.9. The molecule has 0 radical (unpaired) electrons. The number of rotatable bonds is 7. The summed E-state index contributed by atoms with van der Waals surface area (Å²) in [5, 5.41) is 10.8. The second-order valence-electron chi connectivity index (χ2n) is 8.27. The number of anilines is 3. The Hall–Kier alpha value is -4.79. The standard InChI is InChI=1S/C27H24N8O2/c36-26(33-34-30-19-20-2-1-12-28-18-20)22-5-3-21(4-6-22)25-11-13-29-27(32-25)31-23-7-9-24(10-8-23)35-14-16-37-17-15-35/h1-13,18H,14-17,19H2/p+1. The molecule has 1 amide bonds. The predicted molar refractivity (Wildman–Crippen MR) is 139 cm³/mol. The monoisotopic (exact) mass is 493 g/mol. The molecule has 10 nitrogen and oxygen atoms in total. The van der Waals surface area contributed by atoms with E-state index in [0.717, 1.165) is 48.8 Å². The highest BCUT2D eigenvalue weighted by molar-refractivity contribution is 5.94. The molecule has 0 spiro atoms. The molecule has 3 heterocycles. The number of carbonyl (C=O) groups is 1. The summed E-state index contributed by atoms with van der Waals surface area (Å²) in [7, 11) is 0. The molecule has 1 aliphatic heterocycles. The van der Waals surface area contributed by atoms with Crippen molar-refractivity contribution in [1.82, 2.24) is 19.9 Å². The Morgan fingerprint density at radius 2 is 1.81 bits per heavy atom. The molecule has 5 rings (SSSR count). The van der Waals surface area contributed by atoms with Crippen LogP contribution in [0.1, 0.15) is 15.9 Å². The molecule has 0 atom stereocenters. The largest absolute Gasteiger partial charge is 0.378 e. The highest BCUT2D eigenvalue weighted by Gasteiger charge is 2.12. The van der Waals surface area contributed by atoms with Crippen molar-refractivity contribution >= 4 is 23.2 Å². The number of benzene rings is 2. The van der Waals surface area contributed by atoms with Gasteiger partial charge in [0.05, 0.1) is 18.9 Å². The van der Waals surface area contributed by atoms with Gasteiger partial charge in [0, 0.05) is 54.2 Å². The lowest BCUT2D eigenvalue weighted by molar-refractivity contribution is 0.0992. The van der Waals surface area contributed by atoms with Gasteiger partial charge in [-0.2, -0.15) is 0 Å². The van der Waals surface area contributed by atoms with Gasteiger partial charge in [0.2, 0.25) is 16.0 Å². The fraction of sp³-hybridized carbons (Fsp3) is 0.185. The van der Waals surface area contributed by atoms with Crippen LogP contribution in [0.4, 0.5) is 17.3 Å². The summed E-state index contributed by atoms with van der Waals surface area (Å²) >= 11 is 0. The lowest BCUT2D eigenvalue weighted by Gasteiger charge is -2.28. The molecule has 184 valence electrons. The average molecular weight is 494 g/mol. The molecular weight excluding hydrogens is 468 g/mol. The Balaban J connectivity index is 1.21. The molecule has 1 aliphatic rings. The van der Waals surface area contributed by atoms with Crippen molar-refractivity contribution in [3.05, 3.63) is 96.4 Å². The maximum Gasteiger partial charge on any atom is 0.360 e. The van der Waals surface area contributed by atoms with Crippen molar-refractivity contribution in [3.8, 4) is 11.3 Å². The molecule has 0 aliphatic carbocycles. The van der Waals surface area contributed by atoms with Gasteiger partial charge in [-0.1, -0.05) is 18.2 Å². The molecule has 4 aromatic rings. The minimum absolute atomic E-state index is 0.311. The zero-order valence-corrected chi connectivity index (χ0v) is 20.1. The van der Waals surface area contributed by atoms with Crippen LogP contribution in [-0.4, -0.2) is 47.2 Å². The van der Waals surface area contributed by atoms with Crippen LogP contribution in [0, 0.1) is 0 Å². The van der Waals surface area contributed by atoms with E-state index in [9.17, 15) is 4.79 Å². The Morgan fingerprint density at radius 3 is 2.57 bits per heavy atom. The second kappa shape index (κ2) is 11.8. The van der Waals surface area contributed by atoms with Crippen LogP contribution in [0.3, 0.4) is 0 Å². The van der Waals surface area contributed by atoms with Gasteiger partial charge in [-0.3, -0.25) is 9.78 Å². The third-order valence-corrected chi connectivity index (χ3v) is 5.76. The maximum absolute atomic E-state index is 12.3. The van der Waals surface area contributed by atoms with E-state index in [1.54, 1.807) is 30.7 Å². The van der Waals surface area contributed by atoms with E-state index in [4.69, 9.17) is 4.74 Å². The highest BCUT2D eigenvalue weighted by atomic mass is 16.5. The van der Waals surface area contributed by atoms with E-state index in [1.165, 1.54) is 5.69 Å². The van der Waals surface area contributed by atoms with Crippen molar-refractivity contribution in [2.45, 2.75) is 6.54 Å². The van der Waals surface area contributed by atoms with Crippen LogP contribution in [0.2, 0.25) is 0 Å². The number of ether oxygens (including phenoxy) is 1. The van der Waals surface area contributed by atoms with Gasteiger partial charge in [0.1, 0.15) is 11.7 Å². The van der Waals surface area contributed by atoms with Crippen LogP contribution >= 0.6 is 0 Å². The van der Waals surface area contributed by atoms with Crippen molar-refractivity contribution in [2.75, 3.05) is 36.5 Å². The van der Waals surface area contributed by atoms with Crippen molar-refractivity contribution in [2.24, 2.45) is 10.2 Å². The van der Waals surface area contributed by atoms with Gasteiger partial charge in [-0.05, 0) is 54.1 Å². The highest BCUT2D eigenvalue weighted by Crippen LogP contribution is 2.23. The molecule has 0 bridgehead atoms. The summed E-state index contributed by atoms with van der Waals surface area (Å²) in [4.78, 5) is 31.2. The lowest BCUT2D eigenvalue weighted by Crippen LogP contribution is -2.36. The van der Waals surface area contributed by atoms with E-state index in [-0.39, 0.29) is 0 Å². The van der Waals surface area contributed by atoms with Gasteiger partial charge >= 0.3 is 5.91 Å². The first-order chi connectivity index (χ1) is 18.2. The summed E-state index contributed by atoms with van der Waals surface area (Å²) in [6.07, 6.45) is 5.07. The molecule has 2 aromatic heterocycles. The summed E-state index contributed by atoms with van der Waals surface area (Å²) < 4.78 is 5.42. The van der Waals surface area contributed by atoms with Gasteiger partial charge < -0.3 is 15.0 Å². The van der Waals surface area contributed by atoms with Crippen LogP contribution in [0.5, 0.6) is 0 Å². The minimum atomic E-state index is -0.466. The molecule has 1 N–H and O–H groups in total. The summed E-state index contributed by atoms with van der Waals surface area (Å²) in [5.74, 6) is 0.0212. The minimum Gasteiger partial charge on any atom is -0.378 e. The summed E-state index contributed by atoms with van der Waals surface area (Å²) in [6, 6.07) is 20.7. The van der Waals surface area contributed by atoms with Gasteiger partial charge in [-0.25, -0.2) is 9.97 Å². The Labute approximate surface area is 213 Å². The smallest absolute Gasteiger partial charge is 0.360 e. The Morgan fingerprint density at radius 1 is 1.00 bits per heavy atom. The van der Waals surface area contributed by atoms with Crippen LogP contribution in [0.15, 0.2) is 95.5 Å². The Bertz CT molecular complexity index is 1400. The topological polar surface area (TPSA) is 119 Å². The number of nitrogens with zero attached hydrogens (tertiary/aromatic N) is 7. The van der Waals surface area contributed by atoms with Crippen LogP contribution in [0.25, 0.3) is 11.3 Å². The van der Waals surface area contributed by atoms with Crippen molar-refractivity contribution in [1.29, 1.82) is 0 Å². The number of pyridine rings is 1. The summed E-state index contributed by atoms with van der Waals surface area (Å²) in [6.45, 7) is 3.61. The van der Waals surface area contributed by atoms with E-state index >= 15 is 0 Å². The number of hydrogen-bond acceptors (Lipinski definition) is 8. The lowest BCUT2D eigenvalue weighted by atomic mass is 10.1. The summed E-state index contributed by atoms with van der Waals surface area (Å²) in [5.41, 5.74) is 4.95. The SMILES string of the molecule is O=C(N=[N+]=NCc1cccnc1)c1ccc(-c2ccnc(Nc3ccc(N4CCOCC4)cc3)n2)cc1. The molecule has 37 heavy (non-hydrogen) atoms. The first-order valence-electron chi connectivity index (χ1n) is 11.9. The second-order valence-corrected chi connectivity index (χ2v) is 8.27. The zero-order valence-electron chi connectivity index (χ0n) is 20.1. The predicted octanol–water partition coefficient (Wildman–Crippen LogP) is 4.43. The van der Waals surface area contributed by atoms with Gasteiger partial charge in [0.15, 0.2) is 0 Å². The number of aromatic nitrogens is 3. The van der Waals surface area contributed by atoms with E-state index in [1.807, 2.05) is 42.5 Å². The van der Waals surface area contributed by atoms with Crippen LogP contribution in [-0.2, 0) is 11.3 Å². The molecule has 0 saturated carbocycles. The van der Waals surface area contributed by atoms with E-state index < -0.39 is 5.91 Å². The van der Waals surface area contributed by atoms with E-state index in [0.29, 0.717) is 18.1 Å². The number of carbonyl (C=O) groups excluding carboxylic acids is 1. The molecule has 10 heteroatoms. The Kier molecular flexibility index (Phi) is 7.61. The molecule has 2 aromatic carbocycles. The fourth-order valence-electron chi connectivity index (χ4n) is 3.80. The first-order valence-corrected chi connectivity index (χ1v) is 11.9. The quantitative estimate of drug-likeness (QED) is 0.299. The third-order valence-electron chi connectivity index (χ3n) is 5.76. The van der Waals surface area contributed by atoms with E-state index in [2.05, 4.69) is 52.4 Å². The number of hydrogen-bond donors (Lipinski definition) is 1. The number of amides is 1. The van der Waals surface area contributed by atoms with Crippen molar-refractivity contribution in [3.63, 3.8) is 0 Å². The number of morpholine rings is 1. The maximum atomic E-state index is 12.3. The first kappa shape index (κ1) is 23.9. The van der Waals surface area contributed by atoms with Crippen molar-refractivity contribution < 1.29 is 9.53 Å². The molecule has 1 saturated heterocycles. The average Bonchev–Trinajstić information content (AvgIpc) is 2.97. The molecule has 0 unspecified atom stereocenters.